The van der Waals surface area contributed by atoms with Crippen LogP contribution in [0.1, 0.15) is 25.7 Å². The third-order valence-corrected chi connectivity index (χ3v) is 1.40. The number of amides is 1. The van der Waals surface area contributed by atoms with Gasteiger partial charge in [-0.25, -0.2) is 0 Å². The van der Waals surface area contributed by atoms with Crippen molar-refractivity contribution in [2.75, 3.05) is 6.54 Å². The van der Waals surface area contributed by atoms with Crippen molar-refractivity contribution in [3.63, 3.8) is 0 Å². The van der Waals surface area contributed by atoms with E-state index in [-0.39, 0.29) is 5.91 Å². The Morgan fingerprint density at radius 2 is 2.09 bits per heavy atom. The average Bonchev–Trinajstić information content (AvgIpc) is 2.18. The molecule has 0 aromatic carbocycles. The molecule has 1 atom stereocenters. The highest BCUT2D eigenvalue weighted by molar-refractivity contribution is 7.23. The predicted molar refractivity (Wildman–Crippen MR) is 51.9 cm³/mol. The summed E-state index contributed by atoms with van der Waals surface area (Å²) in [6.45, 7) is 0.888. The van der Waals surface area contributed by atoms with Crippen LogP contribution in [0.15, 0.2) is 4.52 Å². The van der Waals surface area contributed by atoms with Crippen LogP contribution in [0.4, 0.5) is 0 Å². The molecule has 0 aromatic heterocycles. The Hall–Kier alpha value is -0.0000000000000000555. The van der Waals surface area contributed by atoms with Gasteiger partial charge < -0.3 is 5.32 Å². The van der Waals surface area contributed by atoms with Gasteiger partial charge in [-0.2, -0.15) is 0 Å². The second-order valence-corrected chi connectivity index (χ2v) is 3.32. The van der Waals surface area contributed by atoms with E-state index in [2.05, 4.69) is 28.3 Å². The molecule has 1 aliphatic rings. The zero-order chi connectivity index (χ0) is 8.53. The number of hydrogen-bond donors (Lipinski definition) is 1. The first-order valence-electron chi connectivity index (χ1n) is 3.64. The summed E-state index contributed by atoms with van der Waals surface area (Å²) in [6, 6.07) is 0. The monoisotopic (exact) mass is 192 g/mol. The molecule has 1 N–H and O–H groups in total. The first kappa shape index (κ1) is 11.0. The van der Waals surface area contributed by atoms with E-state index in [1.54, 1.807) is 0 Å². The molecule has 3 nitrogen and oxygen atoms in total. The highest BCUT2D eigenvalue weighted by atomic mass is 31.1. The van der Waals surface area contributed by atoms with E-state index >= 15 is 0 Å². The van der Waals surface area contributed by atoms with Crippen LogP contribution in [0.2, 0.25) is 0 Å². The molecule has 0 spiro atoms. The maximum Gasteiger partial charge on any atom is 0.219 e. The summed E-state index contributed by atoms with van der Waals surface area (Å²) in [5.41, 5.74) is 0. The topological polar surface area (TPSA) is 41.5 Å². The molecule has 11 heavy (non-hydrogen) atoms. The minimum absolute atomic E-state index is 0.225. The molecule has 0 radical (unpaired) electrons. The van der Waals surface area contributed by atoms with Gasteiger partial charge in [0.1, 0.15) is 0 Å². The summed E-state index contributed by atoms with van der Waals surface area (Å²) < 4.78 is 3.22. The third-order valence-electron chi connectivity index (χ3n) is 1.40. The van der Waals surface area contributed by atoms with Crippen LogP contribution in [0, 0.1) is 0 Å². The number of carbonyl (C=O) groups is 1. The Kier molecular flexibility index (Phi) is 8.10. The lowest BCUT2D eigenvalue weighted by Crippen LogP contribution is -2.21. The van der Waals surface area contributed by atoms with E-state index < -0.39 is 0 Å². The quantitative estimate of drug-likeness (QED) is 0.584. The predicted octanol–water partition coefficient (Wildman–Crippen LogP) is 1.78. The lowest BCUT2D eigenvalue weighted by atomic mass is 10.2. The van der Waals surface area contributed by atoms with Gasteiger partial charge >= 0.3 is 0 Å². The van der Waals surface area contributed by atoms with Crippen LogP contribution in [0.3, 0.4) is 0 Å². The molecule has 64 valence electrons. The average molecular weight is 192 g/mol. The minimum Gasteiger partial charge on any atom is -0.356 e. The first-order chi connectivity index (χ1) is 5.31. The molecule has 5 heteroatoms. The van der Waals surface area contributed by atoms with Crippen LogP contribution < -0.4 is 5.32 Å². The molecule has 0 saturated carbocycles. The van der Waals surface area contributed by atoms with Crippen molar-refractivity contribution in [2.45, 2.75) is 25.7 Å². The number of rotatable bonds is 0. The van der Waals surface area contributed by atoms with Gasteiger partial charge in [0, 0.05) is 13.0 Å². The maximum absolute atomic E-state index is 10.6. The van der Waals surface area contributed by atoms with Crippen LogP contribution in [0.25, 0.3) is 0 Å². The van der Waals surface area contributed by atoms with Gasteiger partial charge in [-0.3, -0.25) is 9.31 Å². The van der Waals surface area contributed by atoms with Crippen molar-refractivity contribution in [1.82, 2.24) is 5.32 Å². The summed E-state index contributed by atoms with van der Waals surface area (Å²) in [6.07, 6.45) is 4.18. The van der Waals surface area contributed by atoms with Gasteiger partial charge in [-0.05, 0) is 31.3 Å². The number of carbonyl (C=O) groups excluding carboxylic acids is 1. The number of hydrogen-bond acceptors (Lipinski definition) is 2. The van der Waals surface area contributed by atoms with E-state index in [4.69, 9.17) is 0 Å². The van der Waals surface area contributed by atoms with Crippen molar-refractivity contribution >= 4 is 24.3 Å². The summed E-state index contributed by atoms with van der Waals surface area (Å²) >= 11 is 0. The van der Waals surface area contributed by atoms with Crippen LogP contribution in [-0.2, 0) is 4.79 Å². The molecule has 0 aliphatic carbocycles. The van der Waals surface area contributed by atoms with Crippen molar-refractivity contribution < 1.29 is 4.79 Å². The Bertz CT molecular complexity index is 120. The molecule has 1 heterocycles. The van der Waals surface area contributed by atoms with Gasteiger partial charge in [-0.1, -0.05) is 6.42 Å². The fraction of sp³-hybridized carbons (Fsp3) is 0.833. The number of nitrogens with one attached hydrogen (secondary N) is 1. The summed E-state index contributed by atoms with van der Waals surface area (Å²) in [5, 5.41) is 2.81. The third kappa shape index (κ3) is 7.90. The van der Waals surface area contributed by atoms with E-state index in [1.165, 1.54) is 6.42 Å². The first-order valence-corrected chi connectivity index (χ1v) is 4.61. The van der Waals surface area contributed by atoms with Gasteiger partial charge in [0.2, 0.25) is 5.91 Å². The zero-order valence-corrected chi connectivity index (χ0v) is 8.62. The number of nitrogens with zero attached hydrogens (tertiary/aromatic N) is 1. The smallest absolute Gasteiger partial charge is 0.219 e. The molecule has 1 aliphatic heterocycles. The van der Waals surface area contributed by atoms with E-state index in [9.17, 15) is 4.79 Å². The fourth-order valence-electron chi connectivity index (χ4n) is 0.904. The van der Waals surface area contributed by atoms with Crippen molar-refractivity contribution in [3.8, 4) is 0 Å². The van der Waals surface area contributed by atoms with Crippen LogP contribution in [0.5, 0.6) is 0 Å². The molecule has 1 unspecified atom stereocenters. The van der Waals surface area contributed by atoms with E-state index in [1.807, 2.05) is 0 Å². The van der Waals surface area contributed by atoms with Gasteiger partial charge in [-0.15, -0.1) is 0 Å². The van der Waals surface area contributed by atoms with E-state index in [0.29, 0.717) is 0 Å². The standard InChI is InChI=1S/C6H11NO.H3NP2/c8-6-4-2-1-3-5-7-6;2-1-3/h1-5H2,(H,7,8);2H,3H2. The van der Waals surface area contributed by atoms with Crippen LogP contribution >= 0.6 is 18.4 Å². The second-order valence-electron chi connectivity index (χ2n) is 2.29. The van der Waals surface area contributed by atoms with Crippen molar-refractivity contribution in [2.24, 2.45) is 4.52 Å². The Morgan fingerprint density at radius 1 is 1.45 bits per heavy atom. The Morgan fingerprint density at radius 3 is 2.73 bits per heavy atom. The lowest BCUT2D eigenvalue weighted by molar-refractivity contribution is -0.120. The highest BCUT2D eigenvalue weighted by Gasteiger charge is 2.03. The fourth-order valence-corrected chi connectivity index (χ4v) is 0.904. The molecule has 1 saturated heterocycles. The zero-order valence-electron chi connectivity index (χ0n) is 6.47. The maximum atomic E-state index is 10.6. The second kappa shape index (κ2) is 8.10. The van der Waals surface area contributed by atoms with Crippen LogP contribution in [-0.4, -0.2) is 12.5 Å². The SMILES string of the molecule is O=C1CCCCCN1.P=NP. The molecule has 1 rings (SSSR count). The van der Waals surface area contributed by atoms with Gasteiger partial charge in [0.25, 0.3) is 0 Å². The highest BCUT2D eigenvalue weighted by Crippen LogP contribution is 2.02. The molecule has 0 aromatic rings. The summed E-state index contributed by atoms with van der Waals surface area (Å²) in [7, 11) is 4.89. The largest absolute Gasteiger partial charge is 0.356 e. The van der Waals surface area contributed by atoms with Gasteiger partial charge in [0.05, 0.1) is 0 Å². The van der Waals surface area contributed by atoms with Crippen molar-refractivity contribution in [3.05, 3.63) is 0 Å². The summed E-state index contributed by atoms with van der Waals surface area (Å²) in [4.78, 5) is 10.6. The molecular weight excluding hydrogens is 178 g/mol. The van der Waals surface area contributed by atoms with E-state index in [0.717, 1.165) is 25.8 Å². The lowest BCUT2D eigenvalue weighted by Gasteiger charge is -1.93. The Labute approximate surface area is 71.9 Å². The van der Waals surface area contributed by atoms with Crippen molar-refractivity contribution in [1.29, 1.82) is 0 Å². The Balaban J connectivity index is 0.000000292. The summed E-state index contributed by atoms with van der Waals surface area (Å²) in [5.74, 6) is 0.225. The molecule has 0 bridgehead atoms. The normalized spacial score (nSPS) is 17.0. The molecular formula is C6H14N2OP2. The van der Waals surface area contributed by atoms with Gasteiger partial charge in [0.15, 0.2) is 0 Å². The minimum atomic E-state index is 0.225. The molecule has 1 fully saturated rings. The molecule has 1 amide bonds.